The van der Waals surface area contributed by atoms with E-state index in [0.717, 1.165) is 0 Å². The van der Waals surface area contributed by atoms with E-state index in [4.69, 9.17) is 0 Å². The summed E-state index contributed by atoms with van der Waals surface area (Å²) in [5.41, 5.74) is -0.645. The van der Waals surface area contributed by atoms with Gasteiger partial charge in [0.1, 0.15) is 0 Å². The largest absolute Gasteiger partial charge is 0.360 e. The quantitative estimate of drug-likeness (QED) is 0.446. The Bertz CT molecular complexity index is 178. The predicted molar refractivity (Wildman–Crippen MR) is 41.9 cm³/mol. The molecule has 0 aliphatic rings. The van der Waals surface area contributed by atoms with Crippen LogP contribution in [0.5, 0.6) is 0 Å². The molecule has 0 bridgehead atoms. The monoisotopic (exact) mass is 174 g/mol. The lowest BCUT2D eigenvalue weighted by Crippen LogP contribution is -2.24. The molecule has 0 aromatic rings. The third kappa shape index (κ3) is 3.95. The minimum absolute atomic E-state index is 0.192. The van der Waals surface area contributed by atoms with E-state index >= 15 is 0 Å². The third-order valence-electron chi connectivity index (χ3n) is 1.11. The van der Waals surface area contributed by atoms with Crippen molar-refractivity contribution >= 4 is 11.9 Å². The summed E-state index contributed by atoms with van der Waals surface area (Å²) in [6, 6.07) is 0. The fraction of sp³-hybridized carbons (Fsp3) is 0.750. The third-order valence-corrected chi connectivity index (χ3v) is 1.11. The lowest BCUT2D eigenvalue weighted by molar-refractivity contribution is -0.264. The molecule has 0 amide bonds. The van der Waals surface area contributed by atoms with Crippen LogP contribution in [0.2, 0.25) is 0 Å². The van der Waals surface area contributed by atoms with Gasteiger partial charge in [-0.15, -0.1) is 0 Å². The molecular weight excluding hydrogens is 160 g/mol. The maximum absolute atomic E-state index is 11.0. The van der Waals surface area contributed by atoms with Crippen LogP contribution < -0.4 is 0 Å². The zero-order valence-corrected chi connectivity index (χ0v) is 7.84. The van der Waals surface area contributed by atoms with Gasteiger partial charge in [-0.3, -0.25) is 0 Å². The Morgan fingerprint density at radius 2 is 1.67 bits per heavy atom. The van der Waals surface area contributed by atoms with Gasteiger partial charge >= 0.3 is 11.9 Å². The van der Waals surface area contributed by atoms with Gasteiger partial charge in [0.2, 0.25) is 0 Å². The first-order valence-electron chi connectivity index (χ1n) is 3.79. The van der Waals surface area contributed by atoms with E-state index in [0.29, 0.717) is 0 Å². The first-order valence-corrected chi connectivity index (χ1v) is 3.79. The second kappa shape index (κ2) is 4.09. The van der Waals surface area contributed by atoms with Crippen molar-refractivity contribution in [2.75, 3.05) is 0 Å². The zero-order chi connectivity index (χ0) is 9.78. The number of rotatable bonds is 1. The van der Waals surface area contributed by atoms with E-state index in [1.165, 1.54) is 0 Å². The van der Waals surface area contributed by atoms with Crippen LogP contribution in [-0.4, -0.2) is 11.9 Å². The number of hydrogen-bond acceptors (Lipinski definition) is 4. The molecule has 0 aromatic carbocycles. The van der Waals surface area contributed by atoms with Gasteiger partial charge in [-0.2, -0.15) is 0 Å². The Hall–Kier alpha value is -1.06. The van der Waals surface area contributed by atoms with Crippen LogP contribution in [0.4, 0.5) is 0 Å². The van der Waals surface area contributed by atoms with E-state index in [9.17, 15) is 9.59 Å². The van der Waals surface area contributed by atoms with Crippen molar-refractivity contribution in [2.24, 2.45) is 5.41 Å². The summed E-state index contributed by atoms with van der Waals surface area (Å²) in [4.78, 5) is 30.0. The lowest BCUT2D eigenvalue weighted by Gasteiger charge is -2.13. The molecule has 0 saturated carbocycles. The Balaban J connectivity index is 3.81. The topological polar surface area (TPSA) is 52.6 Å². The van der Waals surface area contributed by atoms with Gasteiger partial charge in [-0.05, 0) is 20.8 Å². The number of hydrogen-bond donors (Lipinski definition) is 0. The predicted octanol–water partition coefficient (Wildman–Crippen LogP) is 1.44. The van der Waals surface area contributed by atoms with Crippen LogP contribution in [0, 0.1) is 5.41 Å². The molecule has 0 N–H and O–H groups in total. The molecule has 4 nitrogen and oxygen atoms in total. The molecule has 70 valence electrons. The van der Waals surface area contributed by atoms with Gasteiger partial charge in [-0.25, -0.2) is 19.4 Å². The zero-order valence-electron chi connectivity index (χ0n) is 7.84. The van der Waals surface area contributed by atoms with Gasteiger partial charge in [0.05, 0.1) is 5.41 Å². The van der Waals surface area contributed by atoms with E-state index in [-0.39, 0.29) is 6.42 Å². The van der Waals surface area contributed by atoms with Crippen molar-refractivity contribution in [1.82, 2.24) is 0 Å². The molecule has 0 radical (unpaired) electrons. The summed E-state index contributed by atoms with van der Waals surface area (Å²) in [6.07, 6.45) is 0.192. The van der Waals surface area contributed by atoms with Gasteiger partial charge in [-0.1, -0.05) is 6.92 Å². The minimum Gasteiger partial charge on any atom is -0.247 e. The molecular formula is C8H14O4. The van der Waals surface area contributed by atoms with Crippen molar-refractivity contribution in [3.05, 3.63) is 0 Å². The second-order valence-electron chi connectivity index (χ2n) is 3.43. The highest BCUT2D eigenvalue weighted by Crippen LogP contribution is 2.15. The average Bonchev–Trinajstić information content (AvgIpc) is 1.97. The van der Waals surface area contributed by atoms with E-state index in [2.05, 4.69) is 9.78 Å². The van der Waals surface area contributed by atoms with Crippen molar-refractivity contribution in [2.45, 2.75) is 34.1 Å². The van der Waals surface area contributed by atoms with Crippen LogP contribution in [0.3, 0.4) is 0 Å². The summed E-state index contributed by atoms with van der Waals surface area (Å²) >= 11 is 0. The Morgan fingerprint density at radius 3 is 2.00 bits per heavy atom. The fourth-order valence-electron chi connectivity index (χ4n) is 0.268. The second-order valence-corrected chi connectivity index (χ2v) is 3.43. The van der Waals surface area contributed by atoms with Crippen molar-refractivity contribution in [3.63, 3.8) is 0 Å². The summed E-state index contributed by atoms with van der Waals surface area (Å²) in [6.45, 7) is 6.65. The van der Waals surface area contributed by atoms with Crippen LogP contribution in [-0.2, 0) is 19.4 Å². The summed E-state index contributed by atoms with van der Waals surface area (Å²) in [5.74, 6) is -1.10. The molecule has 12 heavy (non-hydrogen) atoms. The Kier molecular flexibility index (Phi) is 3.73. The van der Waals surface area contributed by atoms with E-state index in [1.54, 1.807) is 27.7 Å². The highest BCUT2D eigenvalue weighted by molar-refractivity contribution is 5.76. The molecule has 0 spiro atoms. The first-order chi connectivity index (χ1) is 5.38. The van der Waals surface area contributed by atoms with Gasteiger partial charge < -0.3 is 0 Å². The smallest absolute Gasteiger partial charge is 0.247 e. The highest BCUT2D eigenvalue weighted by atomic mass is 17.2. The number of carbonyl (C=O) groups is 2. The van der Waals surface area contributed by atoms with Gasteiger partial charge in [0.15, 0.2) is 0 Å². The molecule has 0 aliphatic heterocycles. The van der Waals surface area contributed by atoms with Crippen molar-refractivity contribution < 1.29 is 19.4 Å². The van der Waals surface area contributed by atoms with Gasteiger partial charge in [0.25, 0.3) is 0 Å². The number of carbonyl (C=O) groups excluding carboxylic acids is 2. The highest BCUT2D eigenvalue weighted by Gasteiger charge is 2.25. The summed E-state index contributed by atoms with van der Waals surface area (Å²) in [7, 11) is 0. The minimum atomic E-state index is -0.645. The molecule has 0 fully saturated rings. The normalized spacial score (nSPS) is 10.7. The van der Waals surface area contributed by atoms with Crippen LogP contribution in [0.15, 0.2) is 0 Å². The molecule has 0 rings (SSSR count). The summed E-state index contributed by atoms with van der Waals surface area (Å²) in [5, 5.41) is 0. The van der Waals surface area contributed by atoms with Crippen LogP contribution >= 0.6 is 0 Å². The van der Waals surface area contributed by atoms with E-state index < -0.39 is 17.4 Å². The van der Waals surface area contributed by atoms with Crippen LogP contribution in [0.1, 0.15) is 34.1 Å². The maximum atomic E-state index is 11.0. The molecule has 0 heterocycles. The average molecular weight is 174 g/mol. The molecule has 0 aromatic heterocycles. The first kappa shape index (κ1) is 10.9. The Morgan fingerprint density at radius 1 is 1.17 bits per heavy atom. The molecule has 0 atom stereocenters. The lowest BCUT2D eigenvalue weighted by atomic mass is 9.98. The van der Waals surface area contributed by atoms with Crippen molar-refractivity contribution in [3.8, 4) is 0 Å². The summed E-state index contributed by atoms with van der Waals surface area (Å²) < 4.78 is 0. The molecule has 0 saturated heterocycles. The van der Waals surface area contributed by atoms with Gasteiger partial charge in [0, 0.05) is 6.42 Å². The molecule has 4 heteroatoms. The SMILES string of the molecule is CCC(=O)OOC(=O)C(C)(C)C. The van der Waals surface area contributed by atoms with Crippen molar-refractivity contribution in [1.29, 1.82) is 0 Å². The van der Waals surface area contributed by atoms with Crippen LogP contribution in [0.25, 0.3) is 0 Å². The Labute approximate surface area is 71.8 Å². The van der Waals surface area contributed by atoms with E-state index in [1.807, 2.05) is 0 Å². The fourth-order valence-corrected chi connectivity index (χ4v) is 0.268. The maximum Gasteiger partial charge on any atom is 0.360 e. The molecule has 0 aliphatic carbocycles. The standard InChI is InChI=1S/C8H14O4/c1-5-6(9)11-12-7(10)8(2,3)4/h5H2,1-4H3. The molecule has 0 unspecified atom stereocenters.